The van der Waals surface area contributed by atoms with Crippen molar-refractivity contribution in [3.63, 3.8) is 0 Å². The van der Waals surface area contributed by atoms with Crippen molar-refractivity contribution in [1.82, 2.24) is 4.31 Å². The molecule has 0 amide bonds. The van der Waals surface area contributed by atoms with E-state index in [1.54, 1.807) is 0 Å². The van der Waals surface area contributed by atoms with E-state index in [1.807, 2.05) is 0 Å². The number of carboxylic acid groups (broad SMARTS) is 1. The molecular formula is C18H17ClN2O6S2. The third-order valence-corrected chi connectivity index (χ3v) is 8.27. The van der Waals surface area contributed by atoms with E-state index in [0.29, 0.717) is 13.1 Å². The van der Waals surface area contributed by atoms with Gasteiger partial charge >= 0.3 is 5.97 Å². The van der Waals surface area contributed by atoms with Crippen LogP contribution in [0.3, 0.4) is 0 Å². The van der Waals surface area contributed by atoms with Gasteiger partial charge in [0, 0.05) is 24.0 Å². The zero-order valence-electron chi connectivity index (χ0n) is 15.1. The predicted octanol–water partition coefficient (Wildman–Crippen LogP) is 4.11. The van der Waals surface area contributed by atoms with E-state index in [9.17, 15) is 28.4 Å². The maximum atomic E-state index is 12.8. The molecule has 0 radical (unpaired) electrons. The van der Waals surface area contributed by atoms with Crippen molar-refractivity contribution in [2.45, 2.75) is 23.5 Å². The maximum Gasteiger partial charge on any atom is 0.337 e. The van der Waals surface area contributed by atoms with E-state index in [0.717, 1.165) is 30.6 Å². The molecular weight excluding hydrogens is 440 g/mol. The highest BCUT2D eigenvalue weighted by Crippen LogP contribution is 2.33. The first-order valence-corrected chi connectivity index (χ1v) is 11.3. The van der Waals surface area contributed by atoms with Crippen molar-refractivity contribution < 1.29 is 23.2 Å². The average molecular weight is 457 g/mol. The minimum atomic E-state index is -3.67. The Morgan fingerprint density at radius 2 is 1.90 bits per heavy atom. The summed E-state index contributed by atoms with van der Waals surface area (Å²) in [4.78, 5) is 22.4. The first-order chi connectivity index (χ1) is 13.7. The lowest BCUT2D eigenvalue weighted by Crippen LogP contribution is -2.35. The predicted molar refractivity (Wildman–Crippen MR) is 111 cm³/mol. The zero-order valence-corrected chi connectivity index (χ0v) is 17.5. The Bertz CT molecular complexity index is 1090. The van der Waals surface area contributed by atoms with Gasteiger partial charge in [-0.05, 0) is 42.7 Å². The molecule has 0 spiro atoms. The molecule has 11 heteroatoms. The third kappa shape index (κ3) is 4.67. The topological polar surface area (TPSA) is 118 Å². The van der Waals surface area contributed by atoms with Crippen LogP contribution in [0, 0.1) is 10.1 Å². The molecule has 0 atom stereocenters. The van der Waals surface area contributed by atoms with Gasteiger partial charge in [-0.3, -0.25) is 10.1 Å². The number of nitrogens with zero attached hydrogens (tertiary/aromatic N) is 2. The fraction of sp³-hybridized carbons (Fsp3) is 0.278. The molecule has 1 fully saturated rings. The number of nitro groups is 1. The van der Waals surface area contributed by atoms with Crippen LogP contribution in [0.1, 0.15) is 29.7 Å². The zero-order chi connectivity index (χ0) is 21.2. The molecule has 1 aliphatic heterocycles. The van der Waals surface area contributed by atoms with Crippen LogP contribution in [0.25, 0.3) is 11.6 Å². The van der Waals surface area contributed by atoms with E-state index < -0.39 is 20.9 Å². The molecule has 1 N–H and O–H groups in total. The van der Waals surface area contributed by atoms with Gasteiger partial charge in [-0.2, -0.15) is 4.31 Å². The van der Waals surface area contributed by atoms with Crippen LogP contribution >= 0.6 is 22.9 Å². The smallest absolute Gasteiger partial charge is 0.337 e. The van der Waals surface area contributed by atoms with Crippen LogP contribution < -0.4 is 0 Å². The molecule has 2 aromatic rings. The summed E-state index contributed by atoms with van der Waals surface area (Å²) >= 11 is 6.65. The first kappa shape index (κ1) is 21.4. The molecule has 3 rings (SSSR count). The Morgan fingerprint density at radius 3 is 2.52 bits per heavy atom. The lowest BCUT2D eigenvalue weighted by Gasteiger charge is -2.25. The summed E-state index contributed by atoms with van der Waals surface area (Å²) in [5, 5.41) is 20.6. The Kier molecular flexibility index (Phi) is 6.37. The number of thiophene rings is 1. The molecule has 8 nitrogen and oxygen atoms in total. The third-order valence-electron chi connectivity index (χ3n) is 4.46. The number of hydrogen-bond acceptors (Lipinski definition) is 6. The first-order valence-electron chi connectivity index (χ1n) is 8.69. The van der Waals surface area contributed by atoms with Crippen LogP contribution in [-0.2, 0) is 14.8 Å². The number of hydrogen-bond donors (Lipinski definition) is 1. The minimum Gasteiger partial charge on any atom is -0.478 e. The van der Waals surface area contributed by atoms with Crippen LogP contribution in [0.4, 0.5) is 5.69 Å². The van der Waals surface area contributed by atoms with Gasteiger partial charge in [0.25, 0.3) is 15.7 Å². The fourth-order valence-electron chi connectivity index (χ4n) is 3.00. The van der Waals surface area contributed by atoms with Crippen molar-refractivity contribution >= 4 is 56.3 Å². The molecule has 2 heterocycles. The largest absolute Gasteiger partial charge is 0.478 e. The van der Waals surface area contributed by atoms with Crippen molar-refractivity contribution in [1.29, 1.82) is 0 Å². The number of aliphatic carboxylic acids is 1. The number of rotatable bonds is 6. The van der Waals surface area contributed by atoms with Gasteiger partial charge in [0.2, 0.25) is 0 Å². The summed E-state index contributed by atoms with van der Waals surface area (Å²) in [6, 6.07) is 6.77. The lowest BCUT2D eigenvalue weighted by molar-refractivity contribution is -0.384. The van der Waals surface area contributed by atoms with Gasteiger partial charge in [0.05, 0.1) is 10.5 Å². The summed E-state index contributed by atoms with van der Waals surface area (Å²) in [7, 11) is -3.67. The molecule has 1 aliphatic rings. The highest BCUT2D eigenvalue weighted by molar-refractivity contribution is 7.91. The van der Waals surface area contributed by atoms with Crippen molar-refractivity contribution in [3.05, 3.63) is 55.9 Å². The van der Waals surface area contributed by atoms with Gasteiger partial charge in [0.1, 0.15) is 9.23 Å². The molecule has 0 bridgehead atoms. The number of carboxylic acids is 1. The second kappa shape index (κ2) is 8.62. The van der Waals surface area contributed by atoms with Gasteiger partial charge in [-0.25, -0.2) is 13.2 Å². The Morgan fingerprint density at radius 1 is 1.21 bits per heavy atom. The van der Waals surface area contributed by atoms with Crippen molar-refractivity contribution in [3.8, 4) is 0 Å². The minimum absolute atomic E-state index is 0.0601. The number of piperidine rings is 1. The number of benzene rings is 1. The average Bonchev–Trinajstić information content (AvgIpc) is 3.18. The van der Waals surface area contributed by atoms with Crippen molar-refractivity contribution in [2.24, 2.45) is 0 Å². The van der Waals surface area contributed by atoms with E-state index in [-0.39, 0.29) is 30.9 Å². The fourth-order valence-corrected chi connectivity index (χ4v) is 6.17. The quantitative estimate of drug-likeness (QED) is 0.397. The van der Waals surface area contributed by atoms with Gasteiger partial charge in [-0.15, -0.1) is 11.3 Å². The molecule has 0 saturated carbocycles. The Labute approximate surface area is 176 Å². The normalized spacial score (nSPS) is 16.0. The number of sulfonamides is 1. The molecule has 154 valence electrons. The molecule has 1 saturated heterocycles. The number of halogens is 1. The van der Waals surface area contributed by atoms with Gasteiger partial charge in [0.15, 0.2) is 0 Å². The summed E-state index contributed by atoms with van der Waals surface area (Å²) in [5.41, 5.74) is -0.233. The molecule has 29 heavy (non-hydrogen) atoms. The van der Waals surface area contributed by atoms with E-state index in [1.165, 1.54) is 40.7 Å². The van der Waals surface area contributed by atoms with Crippen LogP contribution in [0.2, 0.25) is 5.02 Å². The Balaban J connectivity index is 1.97. The van der Waals surface area contributed by atoms with E-state index in [2.05, 4.69) is 0 Å². The lowest BCUT2D eigenvalue weighted by atomic mass is 10.1. The highest BCUT2D eigenvalue weighted by Gasteiger charge is 2.28. The van der Waals surface area contributed by atoms with Crippen LogP contribution in [0.5, 0.6) is 0 Å². The SMILES string of the molecule is O=C(O)/C(=C/c1ccc(Cl)c([N+](=O)[O-])c1)c1ccc(S(=O)(=O)N2CCCCC2)s1. The monoisotopic (exact) mass is 456 g/mol. The van der Waals surface area contributed by atoms with Crippen LogP contribution in [-0.4, -0.2) is 41.8 Å². The second-order valence-electron chi connectivity index (χ2n) is 6.41. The number of carbonyl (C=O) groups is 1. The molecule has 1 aromatic heterocycles. The molecule has 0 unspecified atom stereocenters. The summed E-state index contributed by atoms with van der Waals surface area (Å²) in [6.45, 7) is 0.900. The summed E-state index contributed by atoms with van der Waals surface area (Å²) in [6.07, 6.45) is 3.84. The maximum absolute atomic E-state index is 12.8. The summed E-state index contributed by atoms with van der Waals surface area (Å²) in [5.74, 6) is -1.27. The molecule has 1 aromatic carbocycles. The highest BCUT2D eigenvalue weighted by atomic mass is 35.5. The van der Waals surface area contributed by atoms with E-state index >= 15 is 0 Å². The van der Waals surface area contributed by atoms with E-state index in [4.69, 9.17) is 11.6 Å². The summed E-state index contributed by atoms with van der Waals surface area (Å²) < 4.78 is 27.1. The van der Waals surface area contributed by atoms with Gasteiger partial charge < -0.3 is 5.11 Å². The van der Waals surface area contributed by atoms with Crippen LogP contribution in [0.15, 0.2) is 34.5 Å². The standard InChI is InChI=1S/C18H17ClN2O6S2/c19-14-5-4-12(11-15(14)21(24)25)10-13(18(22)23)16-6-7-17(28-16)29(26,27)20-8-2-1-3-9-20/h4-7,10-11H,1-3,8-9H2,(H,22,23)/b13-10+. The van der Waals surface area contributed by atoms with Crippen molar-refractivity contribution in [2.75, 3.05) is 13.1 Å². The second-order valence-corrected chi connectivity index (χ2v) is 10.1. The Hall–Kier alpha value is -2.27. The van der Waals surface area contributed by atoms with Gasteiger partial charge in [-0.1, -0.05) is 24.1 Å². The molecule has 0 aliphatic carbocycles. The number of nitro benzene ring substituents is 1.